The van der Waals surface area contributed by atoms with E-state index in [9.17, 15) is 43.2 Å². The van der Waals surface area contributed by atoms with Crippen molar-refractivity contribution in [1.82, 2.24) is 0 Å². The van der Waals surface area contributed by atoms with Crippen molar-refractivity contribution in [2.75, 3.05) is 39.6 Å². The second-order valence-electron chi connectivity index (χ2n) is 28.2. The Bertz CT molecular complexity index is 1820. The Morgan fingerprint density at radius 1 is 0.272 bits per heavy atom. The van der Waals surface area contributed by atoms with E-state index < -0.39 is 97.5 Å². The van der Waals surface area contributed by atoms with E-state index in [0.717, 1.165) is 108 Å². The molecule has 3 N–H and O–H groups in total. The first-order chi connectivity index (χ1) is 44.1. The fourth-order valence-corrected chi connectivity index (χ4v) is 12.6. The van der Waals surface area contributed by atoms with Crippen LogP contribution in [0.2, 0.25) is 0 Å². The standard InChI is InChI=1S/C73H142O17P2/c1-63(2)49-41-33-25-20-16-13-11-9-10-12-14-18-22-28-37-45-53-70(75)83-60-69(90-73(78)56-48-40-32-31-36-44-52-66(7)8)62-88-92(81,82)86-58-67(74)57-85-91(79,80)87-61-68(59-84-71(76)54-46-38-30-24-27-35-43-51-65(5)6)89-72(77)55-47-39-29-23-19-15-17-21-26-34-42-50-64(3)4/h63-69,74H,9-62H2,1-8H3,(H,79,80)(H,81,82)/t67?,68-,69-/m1/s1. The van der Waals surface area contributed by atoms with Gasteiger partial charge in [-0.3, -0.25) is 37.3 Å². The van der Waals surface area contributed by atoms with Crippen LogP contribution in [0.3, 0.4) is 0 Å². The van der Waals surface area contributed by atoms with Gasteiger partial charge in [-0.2, -0.15) is 0 Å². The van der Waals surface area contributed by atoms with Crippen LogP contribution in [0.15, 0.2) is 0 Å². The molecule has 0 spiro atoms. The van der Waals surface area contributed by atoms with Crippen LogP contribution in [0, 0.1) is 23.7 Å². The van der Waals surface area contributed by atoms with Crippen LogP contribution in [-0.4, -0.2) is 96.7 Å². The number of hydrogen-bond acceptors (Lipinski definition) is 15. The van der Waals surface area contributed by atoms with Gasteiger partial charge >= 0.3 is 39.5 Å². The molecule has 0 radical (unpaired) electrons. The Morgan fingerprint density at radius 3 is 0.674 bits per heavy atom. The lowest BCUT2D eigenvalue weighted by Gasteiger charge is -2.21. The van der Waals surface area contributed by atoms with Gasteiger partial charge in [-0.25, -0.2) is 9.13 Å². The van der Waals surface area contributed by atoms with Gasteiger partial charge < -0.3 is 33.8 Å². The molecule has 19 heteroatoms. The molecule has 0 aromatic carbocycles. The number of rotatable bonds is 70. The largest absolute Gasteiger partial charge is 0.472 e. The van der Waals surface area contributed by atoms with Gasteiger partial charge in [0.25, 0.3) is 0 Å². The molecule has 5 atom stereocenters. The van der Waals surface area contributed by atoms with E-state index >= 15 is 0 Å². The molecule has 0 saturated heterocycles. The third kappa shape index (κ3) is 66.7. The van der Waals surface area contributed by atoms with Crippen LogP contribution in [0.4, 0.5) is 0 Å². The fraction of sp³-hybridized carbons (Fsp3) is 0.945. The van der Waals surface area contributed by atoms with Crippen LogP contribution in [0.5, 0.6) is 0 Å². The number of aliphatic hydroxyl groups is 1. The van der Waals surface area contributed by atoms with Crippen molar-refractivity contribution in [1.29, 1.82) is 0 Å². The van der Waals surface area contributed by atoms with Gasteiger partial charge in [-0.15, -0.1) is 0 Å². The molecule has 0 fully saturated rings. The van der Waals surface area contributed by atoms with E-state index in [1.165, 1.54) is 161 Å². The first kappa shape index (κ1) is 90.1. The molecule has 0 saturated carbocycles. The first-order valence-electron chi connectivity index (χ1n) is 37.7. The molecular formula is C73H142O17P2. The van der Waals surface area contributed by atoms with E-state index in [-0.39, 0.29) is 25.7 Å². The van der Waals surface area contributed by atoms with E-state index in [0.29, 0.717) is 37.5 Å². The van der Waals surface area contributed by atoms with Crippen LogP contribution >= 0.6 is 15.6 Å². The van der Waals surface area contributed by atoms with Crippen molar-refractivity contribution in [3.63, 3.8) is 0 Å². The minimum absolute atomic E-state index is 0.102. The number of ether oxygens (including phenoxy) is 4. The lowest BCUT2D eigenvalue weighted by molar-refractivity contribution is -0.161. The third-order valence-corrected chi connectivity index (χ3v) is 18.7. The van der Waals surface area contributed by atoms with E-state index in [1.54, 1.807) is 0 Å². The summed E-state index contributed by atoms with van der Waals surface area (Å²) >= 11 is 0. The smallest absolute Gasteiger partial charge is 0.462 e. The summed E-state index contributed by atoms with van der Waals surface area (Å²) in [6.07, 6.45) is 46.2. The summed E-state index contributed by atoms with van der Waals surface area (Å²) in [4.78, 5) is 72.6. The number of carbonyl (C=O) groups excluding carboxylic acids is 4. The second kappa shape index (κ2) is 62.6. The average molecular weight is 1350 g/mol. The molecule has 0 amide bonds. The van der Waals surface area contributed by atoms with Gasteiger partial charge in [0.05, 0.1) is 26.4 Å². The summed E-state index contributed by atoms with van der Waals surface area (Å²) < 4.78 is 68.3. The molecule has 0 heterocycles. The lowest BCUT2D eigenvalue weighted by atomic mass is 10.0. The number of carbonyl (C=O) groups is 4. The van der Waals surface area contributed by atoms with Crippen molar-refractivity contribution < 1.29 is 80.2 Å². The molecule has 0 rings (SSSR count). The molecule has 0 aliphatic carbocycles. The molecule has 546 valence electrons. The van der Waals surface area contributed by atoms with E-state index in [1.807, 2.05) is 0 Å². The van der Waals surface area contributed by atoms with Crippen molar-refractivity contribution in [3.05, 3.63) is 0 Å². The normalized spacial score (nSPS) is 14.2. The predicted molar refractivity (Wildman–Crippen MR) is 372 cm³/mol. The molecule has 0 bridgehead atoms. The summed E-state index contributed by atoms with van der Waals surface area (Å²) in [5.74, 6) is 0.822. The quantitative estimate of drug-likeness (QED) is 0.0222. The number of unbranched alkanes of at least 4 members (excludes halogenated alkanes) is 36. The van der Waals surface area contributed by atoms with Gasteiger partial charge in [0.15, 0.2) is 12.2 Å². The predicted octanol–water partition coefficient (Wildman–Crippen LogP) is 20.9. The molecule has 92 heavy (non-hydrogen) atoms. The Kier molecular flexibility index (Phi) is 61.3. The lowest BCUT2D eigenvalue weighted by Crippen LogP contribution is -2.30. The van der Waals surface area contributed by atoms with Gasteiger partial charge in [0.1, 0.15) is 19.3 Å². The highest BCUT2D eigenvalue weighted by Gasteiger charge is 2.30. The summed E-state index contributed by atoms with van der Waals surface area (Å²) in [7, 11) is -9.90. The summed E-state index contributed by atoms with van der Waals surface area (Å²) in [6.45, 7) is 14.1. The number of aliphatic hydroxyl groups excluding tert-OH is 1. The second-order valence-corrected chi connectivity index (χ2v) is 31.1. The zero-order valence-electron chi connectivity index (χ0n) is 60.2. The number of esters is 4. The molecular weight excluding hydrogens is 1210 g/mol. The summed E-state index contributed by atoms with van der Waals surface area (Å²) in [5.41, 5.74) is 0. The molecule has 17 nitrogen and oxygen atoms in total. The van der Waals surface area contributed by atoms with Crippen LogP contribution in [-0.2, 0) is 65.4 Å². The maximum absolute atomic E-state index is 13.0. The van der Waals surface area contributed by atoms with E-state index in [2.05, 4.69) is 55.4 Å². The first-order valence-corrected chi connectivity index (χ1v) is 40.7. The van der Waals surface area contributed by atoms with Crippen molar-refractivity contribution in [3.8, 4) is 0 Å². The fourth-order valence-electron chi connectivity index (χ4n) is 11.0. The minimum Gasteiger partial charge on any atom is -0.462 e. The monoisotopic (exact) mass is 1350 g/mol. The highest BCUT2D eigenvalue weighted by Crippen LogP contribution is 2.45. The SMILES string of the molecule is CC(C)CCCCCCCCCCCCCCCCCCC(=O)OC[C@H](COP(=O)(O)OCC(O)COP(=O)(O)OC[C@@H](COC(=O)CCCCCCCCCC(C)C)OC(=O)CCCCCCCCCCCCCC(C)C)OC(=O)CCCCCCCCC(C)C. The Hall–Kier alpha value is -1.94. The summed E-state index contributed by atoms with van der Waals surface area (Å²) in [6, 6.07) is 0. The maximum atomic E-state index is 13.0. The maximum Gasteiger partial charge on any atom is 0.472 e. The zero-order valence-corrected chi connectivity index (χ0v) is 62.0. The molecule has 0 aliphatic rings. The Labute approximate surface area is 562 Å². The van der Waals surface area contributed by atoms with Crippen LogP contribution in [0.1, 0.15) is 364 Å². The highest BCUT2D eigenvalue weighted by atomic mass is 31.2. The van der Waals surface area contributed by atoms with Crippen molar-refractivity contribution in [2.24, 2.45) is 23.7 Å². The highest BCUT2D eigenvalue weighted by molar-refractivity contribution is 7.47. The molecule has 3 unspecified atom stereocenters. The van der Waals surface area contributed by atoms with Gasteiger partial charge in [-0.05, 0) is 49.4 Å². The number of phosphoric ester groups is 2. The van der Waals surface area contributed by atoms with Crippen LogP contribution in [0.25, 0.3) is 0 Å². The van der Waals surface area contributed by atoms with E-state index in [4.69, 9.17) is 37.0 Å². The Balaban J connectivity index is 5.16. The molecule has 0 aromatic rings. The topological polar surface area (TPSA) is 237 Å². The minimum atomic E-state index is -4.95. The number of hydrogen-bond donors (Lipinski definition) is 3. The third-order valence-electron chi connectivity index (χ3n) is 16.8. The number of phosphoric acid groups is 2. The Morgan fingerprint density at radius 2 is 0.457 bits per heavy atom. The van der Waals surface area contributed by atoms with Gasteiger partial charge in [0, 0.05) is 25.7 Å². The summed E-state index contributed by atoms with van der Waals surface area (Å²) in [5, 5.41) is 10.6. The van der Waals surface area contributed by atoms with Gasteiger partial charge in [-0.1, -0.05) is 312 Å². The zero-order chi connectivity index (χ0) is 68.2. The van der Waals surface area contributed by atoms with Crippen molar-refractivity contribution >= 4 is 39.5 Å². The van der Waals surface area contributed by atoms with Crippen LogP contribution < -0.4 is 0 Å². The van der Waals surface area contributed by atoms with Crippen molar-refractivity contribution in [2.45, 2.75) is 382 Å². The van der Waals surface area contributed by atoms with Gasteiger partial charge in [0.2, 0.25) is 0 Å². The molecule has 0 aromatic heterocycles. The molecule has 0 aliphatic heterocycles. The average Bonchev–Trinajstić information content (AvgIpc) is 3.53.